The molecule has 3 saturated heterocycles. The molecule has 19 atom stereocenters. The van der Waals surface area contributed by atoms with Crippen LogP contribution < -0.4 is 5.32 Å². The second-order valence-corrected chi connectivity index (χ2v) is 11.6. The van der Waals surface area contributed by atoms with E-state index >= 15 is 0 Å². The maximum atomic E-state index is 11.9. The first-order chi connectivity index (χ1) is 22.6. The van der Waals surface area contributed by atoms with Crippen LogP contribution in [0, 0.1) is 0 Å². The van der Waals surface area contributed by atoms with E-state index in [1.54, 1.807) is 0 Å². The van der Waals surface area contributed by atoms with Gasteiger partial charge in [0.15, 0.2) is 18.9 Å². The summed E-state index contributed by atoms with van der Waals surface area (Å²) in [7, 11) is 0. The van der Waals surface area contributed by atoms with Crippen molar-refractivity contribution in [1.82, 2.24) is 5.32 Å². The molecular weight excluding hydrogens is 662 g/mol. The van der Waals surface area contributed by atoms with E-state index in [2.05, 4.69) is 5.32 Å². The number of amides is 1. The number of carbonyl (C=O) groups excluding carboxylic acids is 1. The van der Waals surface area contributed by atoms with Crippen LogP contribution in [-0.2, 0) is 33.2 Å². The molecule has 22 heteroatoms. The number of nitrogens with one attached hydrogen (secondary N) is 1. The van der Waals surface area contributed by atoms with E-state index in [4.69, 9.17) is 28.4 Å². The Morgan fingerprint density at radius 1 is 0.688 bits per heavy atom. The van der Waals surface area contributed by atoms with Gasteiger partial charge in [0, 0.05) is 6.92 Å². The van der Waals surface area contributed by atoms with Gasteiger partial charge in [-0.1, -0.05) is 0 Å². The summed E-state index contributed by atoms with van der Waals surface area (Å²) < 4.78 is 33.5. The summed E-state index contributed by atoms with van der Waals surface area (Å²) in [5.41, 5.74) is 0. The highest BCUT2D eigenvalue weighted by atomic mass is 16.8. The normalized spacial score (nSPS) is 41.0. The van der Waals surface area contributed by atoms with Crippen molar-refractivity contribution < 1.29 is 105 Å². The van der Waals surface area contributed by atoms with Crippen molar-refractivity contribution in [2.45, 2.75) is 123 Å². The maximum Gasteiger partial charge on any atom is 0.217 e. The zero-order valence-electron chi connectivity index (χ0n) is 25.6. The van der Waals surface area contributed by atoms with Gasteiger partial charge in [-0.15, -0.1) is 0 Å². The molecule has 0 unspecified atom stereocenters. The molecule has 0 aromatic carbocycles. The second-order valence-electron chi connectivity index (χ2n) is 11.6. The monoisotopic (exact) mass is 709 g/mol. The summed E-state index contributed by atoms with van der Waals surface area (Å²) in [5, 5.41) is 145. The molecule has 3 fully saturated rings. The molecule has 0 aliphatic carbocycles. The molecule has 48 heavy (non-hydrogen) atoms. The highest BCUT2D eigenvalue weighted by molar-refractivity contribution is 5.73. The Labute approximate surface area is 272 Å². The number of rotatable bonds is 17. The van der Waals surface area contributed by atoms with E-state index in [0.717, 1.165) is 6.92 Å². The highest BCUT2D eigenvalue weighted by Gasteiger charge is 2.55. The summed E-state index contributed by atoms with van der Waals surface area (Å²) in [4.78, 5) is 11.9. The SMILES string of the molecule is CC(=O)N[C@H]1[C@@H](O[C@H]2[C@@H](O[C@@H](CO)[C@@H](O[C@@H]3O[C@@H]([C@H](O)CO)[C@H](O)[C@H]3O)[C@@H](O)[C@H](O)CO)O[C@@H]([C@H](O)CO)[C@@H]2O)O[C@H](CO)[C@@H](O)[C@@H]1O. The fraction of sp³-hybridized carbons (Fsp3) is 0.962. The predicted molar refractivity (Wildman–Crippen MR) is 148 cm³/mol. The van der Waals surface area contributed by atoms with E-state index < -0.39 is 155 Å². The Morgan fingerprint density at radius 2 is 1.27 bits per heavy atom. The minimum Gasteiger partial charge on any atom is -0.394 e. The van der Waals surface area contributed by atoms with Gasteiger partial charge in [-0.2, -0.15) is 0 Å². The molecule has 3 aliphatic heterocycles. The summed E-state index contributed by atoms with van der Waals surface area (Å²) in [6.45, 7) is -3.81. The molecule has 3 heterocycles. The van der Waals surface area contributed by atoms with E-state index in [1.165, 1.54) is 0 Å². The lowest BCUT2D eigenvalue weighted by molar-refractivity contribution is -0.315. The topological polar surface area (TPSA) is 368 Å². The van der Waals surface area contributed by atoms with Crippen LogP contribution >= 0.6 is 0 Å². The third-order valence-corrected chi connectivity index (χ3v) is 8.23. The third-order valence-electron chi connectivity index (χ3n) is 8.23. The summed E-state index contributed by atoms with van der Waals surface area (Å²) in [6, 6.07) is -1.53. The first kappa shape index (κ1) is 41.1. The quantitative estimate of drug-likeness (QED) is 0.0666. The largest absolute Gasteiger partial charge is 0.394 e. The molecular formula is C26H47NO21. The lowest BCUT2D eigenvalue weighted by Crippen LogP contribution is -2.65. The molecule has 282 valence electrons. The Balaban J connectivity index is 1.94. The van der Waals surface area contributed by atoms with Gasteiger partial charge in [0.1, 0.15) is 97.6 Å². The minimum absolute atomic E-state index is 0.720. The number of aliphatic hydroxyl groups is 14. The Bertz CT molecular complexity index is 984. The van der Waals surface area contributed by atoms with Gasteiger partial charge in [-0.05, 0) is 0 Å². The van der Waals surface area contributed by atoms with Crippen molar-refractivity contribution >= 4 is 5.91 Å². The Kier molecular flexibility index (Phi) is 15.6. The van der Waals surface area contributed by atoms with Gasteiger partial charge in [0.2, 0.25) is 5.91 Å². The van der Waals surface area contributed by atoms with Crippen molar-refractivity contribution in [3.05, 3.63) is 0 Å². The number of carbonyl (C=O) groups is 1. The van der Waals surface area contributed by atoms with Crippen LogP contribution in [-0.4, -0.2) is 227 Å². The average Bonchev–Trinajstić information content (AvgIpc) is 3.53. The van der Waals surface area contributed by atoms with Gasteiger partial charge in [0.05, 0.1) is 33.0 Å². The Hall–Kier alpha value is -1.33. The van der Waals surface area contributed by atoms with Gasteiger partial charge in [-0.25, -0.2) is 0 Å². The maximum absolute atomic E-state index is 11.9. The summed E-state index contributed by atoms with van der Waals surface area (Å²) in [6.07, 6.45) is -32.8. The molecule has 0 aromatic heterocycles. The van der Waals surface area contributed by atoms with Crippen molar-refractivity contribution in [3.63, 3.8) is 0 Å². The van der Waals surface area contributed by atoms with Crippen LogP contribution in [0.1, 0.15) is 6.92 Å². The molecule has 15 N–H and O–H groups in total. The van der Waals surface area contributed by atoms with Crippen molar-refractivity contribution in [3.8, 4) is 0 Å². The Morgan fingerprint density at radius 3 is 1.79 bits per heavy atom. The number of hydrogen-bond donors (Lipinski definition) is 15. The number of ether oxygens (including phenoxy) is 6. The molecule has 0 saturated carbocycles. The molecule has 1 amide bonds. The summed E-state index contributed by atoms with van der Waals surface area (Å²) >= 11 is 0. The molecule has 0 radical (unpaired) electrons. The van der Waals surface area contributed by atoms with Crippen LogP contribution in [0.25, 0.3) is 0 Å². The lowest BCUT2D eigenvalue weighted by atomic mass is 9.96. The van der Waals surface area contributed by atoms with Crippen LogP contribution in [0.4, 0.5) is 0 Å². The molecule has 0 aromatic rings. The van der Waals surface area contributed by atoms with E-state index in [1.807, 2.05) is 0 Å². The van der Waals surface area contributed by atoms with E-state index in [9.17, 15) is 76.3 Å². The zero-order valence-corrected chi connectivity index (χ0v) is 25.6. The fourth-order valence-electron chi connectivity index (χ4n) is 5.55. The predicted octanol–water partition coefficient (Wildman–Crippen LogP) is -9.97. The molecule has 0 bridgehead atoms. The van der Waals surface area contributed by atoms with Crippen LogP contribution in [0.3, 0.4) is 0 Å². The van der Waals surface area contributed by atoms with Crippen LogP contribution in [0.5, 0.6) is 0 Å². The molecule has 3 rings (SSSR count). The molecule has 22 nitrogen and oxygen atoms in total. The van der Waals surface area contributed by atoms with E-state index in [0.29, 0.717) is 0 Å². The first-order valence-electron chi connectivity index (χ1n) is 15.0. The minimum atomic E-state index is -2.15. The van der Waals surface area contributed by atoms with E-state index in [-0.39, 0.29) is 0 Å². The molecule has 0 spiro atoms. The summed E-state index contributed by atoms with van der Waals surface area (Å²) in [5.74, 6) is -0.720. The smallest absolute Gasteiger partial charge is 0.217 e. The van der Waals surface area contributed by atoms with Gasteiger partial charge >= 0.3 is 0 Å². The molecule has 3 aliphatic rings. The number of hydrogen-bond acceptors (Lipinski definition) is 21. The number of aliphatic hydroxyl groups excluding tert-OH is 14. The standard InChI is InChI=1S/C26H47NO21/c1-7(33)27-13-16(39)15(38)11(5-31)43-24(13)48-23-19(42)21(10(36)4-30)46-26(23)44-12(6-32)22(14(37)8(34)2-28)47-25-18(41)17(40)20(45-25)9(35)3-29/h8-26,28-32,34-42H,2-6H2,1H3,(H,27,33)/t8-,9-,10-,11-,12+,13-,14+,15-,16-,17-,18-,19+,20+,21+,22-,23-,24-,25+,26+/m1/s1. The highest BCUT2D eigenvalue weighted by Crippen LogP contribution is 2.34. The van der Waals surface area contributed by atoms with Crippen molar-refractivity contribution in [1.29, 1.82) is 0 Å². The van der Waals surface area contributed by atoms with Crippen LogP contribution in [0.15, 0.2) is 0 Å². The second kappa shape index (κ2) is 18.2. The lowest BCUT2D eigenvalue weighted by Gasteiger charge is -2.43. The van der Waals surface area contributed by atoms with Gasteiger partial charge < -0.3 is 105 Å². The zero-order chi connectivity index (χ0) is 36.0. The third kappa shape index (κ3) is 9.12. The van der Waals surface area contributed by atoms with Gasteiger partial charge in [-0.3, -0.25) is 4.79 Å². The average molecular weight is 710 g/mol. The van der Waals surface area contributed by atoms with Crippen molar-refractivity contribution in [2.75, 3.05) is 33.0 Å². The van der Waals surface area contributed by atoms with Crippen molar-refractivity contribution in [2.24, 2.45) is 0 Å². The van der Waals surface area contributed by atoms with Crippen LogP contribution in [0.2, 0.25) is 0 Å². The van der Waals surface area contributed by atoms with Gasteiger partial charge in [0.25, 0.3) is 0 Å². The first-order valence-corrected chi connectivity index (χ1v) is 15.0. The fourth-order valence-corrected chi connectivity index (χ4v) is 5.55.